The van der Waals surface area contributed by atoms with Gasteiger partial charge in [-0.1, -0.05) is 23.4 Å². The van der Waals surface area contributed by atoms with Gasteiger partial charge in [0, 0.05) is 16.9 Å². The highest BCUT2D eigenvalue weighted by Crippen LogP contribution is 2.26. The molecule has 0 spiro atoms. The molecule has 28 heavy (non-hydrogen) atoms. The van der Waals surface area contributed by atoms with Crippen LogP contribution in [0.4, 0.5) is 5.69 Å². The maximum atomic E-state index is 12.8. The molecule has 1 aromatic carbocycles. The fourth-order valence-corrected chi connectivity index (χ4v) is 3.66. The van der Waals surface area contributed by atoms with E-state index in [0.29, 0.717) is 28.4 Å². The molecule has 0 amide bonds. The second-order valence-electron chi connectivity index (χ2n) is 6.29. The summed E-state index contributed by atoms with van der Waals surface area (Å²) in [5, 5.41) is 12.9. The standard InChI is InChI=1S/C21H23N3O3S/c1-5-27-20(26)11-23-18-7-6-13(2)8-16(18)19(25)12-28-21-17(10-22)14(3)9-15(4)24-21/h6-9,23H,5,11-12H2,1-4H3. The van der Waals surface area contributed by atoms with Crippen LogP contribution in [0, 0.1) is 32.1 Å². The molecule has 6 nitrogen and oxygen atoms in total. The van der Waals surface area contributed by atoms with E-state index in [-0.39, 0.29) is 24.1 Å². The summed E-state index contributed by atoms with van der Waals surface area (Å²) < 4.78 is 4.91. The van der Waals surface area contributed by atoms with E-state index in [4.69, 9.17) is 4.74 Å². The van der Waals surface area contributed by atoms with Crippen molar-refractivity contribution in [1.29, 1.82) is 5.26 Å². The quantitative estimate of drug-likeness (QED) is 0.411. The average Bonchev–Trinajstić information content (AvgIpc) is 2.65. The third kappa shape index (κ3) is 5.57. The fraction of sp³-hybridized carbons (Fsp3) is 0.333. The van der Waals surface area contributed by atoms with Crippen LogP contribution in [-0.4, -0.2) is 35.6 Å². The van der Waals surface area contributed by atoms with E-state index in [9.17, 15) is 14.9 Å². The van der Waals surface area contributed by atoms with E-state index in [1.54, 1.807) is 19.1 Å². The largest absolute Gasteiger partial charge is 0.465 e. The number of anilines is 1. The van der Waals surface area contributed by atoms with Crippen LogP contribution in [0.25, 0.3) is 0 Å². The molecule has 1 N–H and O–H groups in total. The minimum atomic E-state index is -0.381. The second-order valence-corrected chi connectivity index (χ2v) is 7.26. The zero-order valence-corrected chi connectivity index (χ0v) is 17.3. The van der Waals surface area contributed by atoms with Gasteiger partial charge in [0.25, 0.3) is 0 Å². The van der Waals surface area contributed by atoms with Crippen molar-refractivity contribution < 1.29 is 14.3 Å². The number of hydrogen-bond acceptors (Lipinski definition) is 7. The van der Waals surface area contributed by atoms with Crippen molar-refractivity contribution in [3.8, 4) is 6.07 Å². The Hall–Kier alpha value is -2.85. The molecule has 0 saturated heterocycles. The summed E-state index contributed by atoms with van der Waals surface area (Å²) in [7, 11) is 0. The van der Waals surface area contributed by atoms with Gasteiger partial charge in [-0.25, -0.2) is 4.98 Å². The summed E-state index contributed by atoms with van der Waals surface area (Å²) in [5.74, 6) is -0.346. The number of esters is 1. The molecule has 0 saturated carbocycles. The number of nitrogens with one attached hydrogen (secondary N) is 1. The summed E-state index contributed by atoms with van der Waals surface area (Å²) in [4.78, 5) is 28.8. The molecule has 0 aliphatic rings. The Morgan fingerprint density at radius 2 is 2.00 bits per heavy atom. The van der Waals surface area contributed by atoms with E-state index in [1.165, 1.54) is 11.8 Å². The summed E-state index contributed by atoms with van der Waals surface area (Å²) in [6, 6.07) is 9.45. The number of thioether (sulfide) groups is 1. The van der Waals surface area contributed by atoms with Crippen LogP contribution in [0.2, 0.25) is 0 Å². The maximum Gasteiger partial charge on any atom is 0.325 e. The number of ketones is 1. The Labute approximate surface area is 169 Å². The Bertz CT molecular complexity index is 935. The summed E-state index contributed by atoms with van der Waals surface area (Å²) in [6.07, 6.45) is 0. The van der Waals surface area contributed by atoms with Crippen molar-refractivity contribution in [2.24, 2.45) is 0 Å². The van der Waals surface area contributed by atoms with Crippen LogP contribution in [0.5, 0.6) is 0 Å². The van der Waals surface area contributed by atoms with Crippen molar-refractivity contribution in [3.63, 3.8) is 0 Å². The minimum absolute atomic E-state index is 0.0124. The monoisotopic (exact) mass is 397 g/mol. The van der Waals surface area contributed by atoms with Gasteiger partial charge < -0.3 is 10.1 Å². The lowest BCUT2D eigenvalue weighted by atomic mass is 10.1. The lowest BCUT2D eigenvalue weighted by Gasteiger charge is -2.12. The van der Waals surface area contributed by atoms with Crippen LogP contribution in [0.15, 0.2) is 29.3 Å². The van der Waals surface area contributed by atoms with Gasteiger partial charge in [-0.2, -0.15) is 5.26 Å². The molecule has 2 aromatic rings. The number of rotatable bonds is 8. The van der Waals surface area contributed by atoms with E-state index in [0.717, 1.165) is 16.8 Å². The SMILES string of the molecule is CCOC(=O)CNc1ccc(C)cc1C(=O)CSc1nc(C)cc(C)c1C#N. The number of carbonyl (C=O) groups excluding carboxylic acids is 2. The molecule has 7 heteroatoms. The van der Waals surface area contributed by atoms with Gasteiger partial charge in [0.15, 0.2) is 5.78 Å². The van der Waals surface area contributed by atoms with Gasteiger partial charge in [0.2, 0.25) is 0 Å². The predicted octanol–water partition coefficient (Wildman–Crippen LogP) is 3.83. The van der Waals surface area contributed by atoms with Crippen LogP contribution >= 0.6 is 11.8 Å². The van der Waals surface area contributed by atoms with Gasteiger partial charge in [-0.3, -0.25) is 9.59 Å². The average molecular weight is 398 g/mol. The molecule has 0 bridgehead atoms. The van der Waals surface area contributed by atoms with E-state index in [2.05, 4.69) is 16.4 Å². The predicted molar refractivity (Wildman–Crippen MR) is 110 cm³/mol. The highest BCUT2D eigenvalue weighted by molar-refractivity contribution is 8.00. The summed E-state index contributed by atoms with van der Waals surface area (Å²) >= 11 is 1.25. The molecule has 0 unspecified atom stereocenters. The highest BCUT2D eigenvalue weighted by atomic mass is 32.2. The number of pyridine rings is 1. The third-order valence-corrected chi connectivity index (χ3v) is 4.94. The first-order valence-corrected chi connectivity index (χ1v) is 9.88. The minimum Gasteiger partial charge on any atom is -0.465 e. The molecule has 146 valence electrons. The van der Waals surface area contributed by atoms with Crippen molar-refractivity contribution in [2.45, 2.75) is 32.7 Å². The Morgan fingerprint density at radius 3 is 2.68 bits per heavy atom. The molecule has 0 fully saturated rings. The van der Waals surface area contributed by atoms with E-state index in [1.807, 2.05) is 32.9 Å². The number of hydrogen-bond donors (Lipinski definition) is 1. The van der Waals surface area contributed by atoms with Crippen molar-refractivity contribution >= 4 is 29.2 Å². The van der Waals surface area contributed by atoms with Crippen molar-refractivity contribution in [2.75, 3.05) is 24.2 Å². The number of Topliss-reactive ketones (excluding diaryl/α,β-unsaturated/α-hetero) is 1. The van der Waals surface area contributed by atoms with Crippen LogP contribution < -0.4 is 5.32 Å². The molecule has 0 radical (unpaired) electrons. The van der Waals surface area contributed by atoms with Crippen LogP contribution in [0.3, 0.4) is 0 Å². The van der Waals surface area contributed by atoms with Gasteiger partial charge >= 0.3 is 5.97 Å². The molecule has 0 aliphatic heterocycles. The molecular weight excluding hydrogens is 374 g/mol. The summed E-state index contributed by atoms with van der Waals surface area (Å²) in [6.45, 7) is 7.66. The Balaban J connectivity index is 2.17. The normalized spacial score (nSPS) is 10.2. The number of aryl methyl sites for hydroxylation is 3. The van der Waals surface area contributed by atoms with Gasteiger partial charge in [-0.15, -0.1) is 0 Å². The number of aromatic nitrogens is 1. The Kier molecular flexibility index (Phi) is 7.59. The first-order valence-electron chi connectivity index (χ1n) is 8.90. The third-order valence-electron chi connectivity index (χ3n) is 3.97. The van der Waals surface area contributed by atoms with E-state index < -0.39 is 0 Å². The maximum absolute atomic E-state index is 12.8. The topological polar surface area (TPSA) is 92.1 Å². The first kappa shape index (κ1) is 21.5. The molecular formula is C21H23N3O3S. The zero-order valence-electron chi connectivity index (χ0n) is 16.5. The Morgan fingerprint density at radius 1 is 1.25 bits per heavy atom. The van der Waals surface area contributed by atoms with Gasteiger partial charge in [0.1, 0.15) is 17.6 Å². The lowest BCUT2D eigenvalue weighted by Crippen LogP contribution is -2.18. The second kappa shape index (κ2) is 9.90. The lowest BCUT2D eigenvalue weighted by molar-refractivity contribution is -0.140. The number of nitrogens with zero attached hydrogens (tertiary/aromatic N) is 2. The smallest absolute Gasteiger partial charge is 0.325 e. The number of benzene rings is 1. The molecule has 0 atom stereocenters. The summed E-state index contributed by atoms with van der Waals surface area (Å²) in [5.41, 5.74) is 4.17. The molecule has 1 heterocycles. The van der Waals surface area contributed by atoms with Crippen molar-refractivity contribution in [3.05, 3.63) is 52.2 Å². The molecule has 0 aliphatic carbocycles. The van der Waals surface area contributed by atoms with Crippen molar-refractivity contribution in [1.82, 2.24) is 4.98 Å². The number of nitriles is 1. The molecule has 1 aromatic heterocycles. The fourth-order valence-electron chi connectivity index (χ4n) is 2.68. The number of carbonyl (C=O) groups is 2. The van der Waals surface area contributed by atoms with Gasteiger partial charge in [0.05, 0.1) is 17.9 Å². The highest BCUT2D eigenvalue weighted by Gasteiger charge is 2.16. The first-order chi connectivity index (χ1) is 13.3. The van der Waals surface area contributed by atoms with Crippen LogP contribution in [-0.2, 0) is 9.53 Å². The zero-order chi connectivity index (χ0) is 20.7. The van der Waals surface area contributed by atoms with E-state index >= 15 is 0 Å². The van der Waals surface area contributed by atoms with Gasteiger partial charge in [-0.05, 0) is 51.5 Å². The number of ether oxygens (including phenoxy) is 1. The molecule has 2 rings (SSSR count). The van der Waals surface area contributed by atoms with Crippen LogP contribution in [0.1, 0.15) is 39.7 Å².